The first-order valence-corrected chi connectivity index (χ1v) is 8.97. The molecule has 0 saturated heterocycles. The van der Waals surface area contributed by atoms with Crippen LogP contribution in [0.25, 0.3) is 0 Å². The van der Waals surface area contributed by atoms with Crippen molar-refractivity contribution in [1.82, 2.24) is 10.3 Å². The van der Waals surface area contributed by atoms with Crippen molar-refractivity contribution < 1.29 is 9.53 Å². The lowest BCUT2D eigenvalue weighted by atomic mass is 10.1. The van der Waals surface area contributed by atoms with Gasteiger partial charge in [-0.05, 0) is 44.9 Å². The van der Waals surface area contributed by atoms with Crippen LogP contribution < -0.4 is 15.8 Å². The number of hydrogen-bond donors (Lipinski definition) is 2. The second kappa shape index (κ2) is 8.80. The molecule has 0 bridgehead atoms. The first kappa shape index (κ1) is 18.4. The van der Waals surface area contributed by atoms with Crippen molar-refractivity contribution in [1.29, 1.82) is 0 Å². The number of aryl methyl sites for hydroxylation is 4. The molecule has 24 heavy (non-hydrogen) atoms. The first-order chi connectivity index (χ1) is 11.5. The maximum absolute atomic E-state index is 12.2. The fourth-order valence-corrected chi connectivity index (χ4v) is 3.23. The Morgan fingerprint density at radius 1 is 1.33 bits per heavy atom. The Hall–Kier alpha value is -1.92. The number of amides is 1. The van der Waals surface area contributed by atoms with E-state index in [1.165, 1.54) is 4.88 Å². The van der Waals surface area contributed by atoms with Crippen molar-refractivity contribution in [3.8, 4) is 5.75 Å². The summed E-state index contributed by atoms with van der Waals surface area (Å²) < 4.78 is 5.56. The van der Waals surface area contributed by atoms with Crippen LogP contribution in [0.3, 0.4) is 0 Å². The van der Waals surface area contributed by atoms with Gasteiger partial charge in [0.15, 0.2) is 0 Å². The molecule has 5 nitrogen and oxygen atoms in total. The monoisotopic (exact) mass is 347 g/mol. The molecule has 1 aromatic heterocycles. The summed E-state index contributed by atoms with van der Waals surface area (Å²) >= 11 is 1.73. The van der Waals surface area contributed by atoms with Crippen molar-refractivity contribution in [3.05, 3.63) is 44.9 Å². The van der Waals surface area contributed by atoms with Crippen LogP contribution in [-0.4, -0.2) is 30.6 Å². The lowest BCUT2D eigenvalue weighted by Gasteiger charge is -2.10. The highest BCUT2D eigenvalue weighted by atomic mass is 32.1. The molecule has 0 spiro atoms. The smallest absolute Gasteiger partial charge is 0.251 e. The molecule has 0 aliphatic heterocycles. The molecule has 0 unspecified atom stereocenters. The molecule has 2 rings (SSSR count). The van der Waals surface area contributed by atoms with Crippen LogP contribution in [-0.2, 0) is 6.42 Å². The average Bonchev–Trinajstić information content (AvgIpc) is 2.88. The van der Waals surface area contributed by atoms with E-state index in [-0.39, 0.29) is 5.91 Å². The highest BCUT2D eigenvalue weighted by Gasteiger charge is 2.09. The van der Waals surface area contributed by atoms with Crippen LogP contribution in [0.1, 0.15) is 37.9 Å². The van der Waals surface area contributed by atoms with Crippen molar-refractivity contribution >= 4 is 17.2 Å². The summed E-state index contributed by atoms with van der Waals surface area (Å²) in [7, 11) is 0. The molecule has 6 heteroatoms. The minimum atomic E-state index is -0.0842. The fourth-order valence-electron chi connectivity index (χ4n) is 2.26. The fraction of sp³-hybridized carbons (Fsp3) is 0.444. The van der Waals surface area contributed by atoms with Crippen LogP contribution in [0.4, 0.5) is 0 Å². The quantitative estimate of drug-likeness (QED) is 0.720. The van der Waals surface area contributed by atoms with Crippen LogP contribution in [0.2, 0.25) is 0 Å². The highest BCUT2D eigenvalue weighted by molar-refractivity contribution is 7.11. The molecule has 0 saturated carbocycles. The van der Waals surface area contributed by atoms with Crippen LogP contribution in [0, 0.1) is 20.8 Å². The normalized spacial score (nSPS) is 10.7. The van der Waals surface area contributed by atoms with Crippen LogP contribution in [0.15, 0.2) is 18.2 Å². The van der Waals surface area contributed by atoms with E-state index >= 15 is 0 Å². The average molecular weight is 347 g/mol. The summed E-state index contributed by atoms with van der Waals surface area (Å²) in [5.74, 6) is 0.626. The van der Waals surface area contributed by atoms with Gasteiger partial charge in [0, 0.05) is 30.0 Å². The molecule has 130 valence electrons. The van der Waals surface area contributed by atoms with Crippen molar-refractivity contribution in [2.75, 3.05) is 19.7 Å². The van der Waals surface area contributed by atoms with Gasteiger partial charge in [-0.3, -0.25) is 4.79 Å². The lowest BCUT2D eigenvalue weighted by molar-refractivity contribution is 0.0952. The van der Waals surface area contributed by atoms with Crippen molar-refractivity contribution in [2.24, 2.45) is 5.73 Å². The summed E-state index contributed by atoms with van der Waals surface area (Å²) in [6.45, 7) is 7.58. The summed E-state index contributed by atoms with van der Waals surface area (Å²) in [6.07, 6.45) is 1.76. The van der Waals surface area contributed by atoms with Gasteiger partial charge in [0.1, 0.15) is 12.4 Å². The van der Waals surface area contributed by atoms with Gasteiger partial charge in [0.2, 0.25) is 0 Å². The summed E-state index contributed by atoms with van der Waals surface area (Å²) in [5.41, 5.74) is 8.16. The molecular formula is C18H25N3O2S. The molecular weight excluding hydrogens is 322 g/mol. The second-order valence-corrected chi connectivity index (χ2v) is 7.01. The molecule has 3 N–H and O–H groups in total. The van der Waals surface area contributed by atoms with E-state index in [0.717, 1.165) is 29.1 Å². The van der Waals surface area contributed by atoms with E-state index in [2.05, 4.69) is 17.2 Å². The Morgan fingerprint density at radius 2 is 2.12 bits per heavy atom. The van der Waals surface area contributed by atoms with Crippen LogP contribution in [0.5, 0.6) is 5.75 Å². The summed E-state index contributed by atoms with van der Waals surface area (Å²) in [5, 5.41) is 4.08. The third-order valence-electron chi connectivity index (χ3n) is 3.75. The van der Waals surface area contributed by atoms with Gasteiger partial charge < -0.3 is 15.8 Å². The highest BCUT2D eigenvalue weighted by Crippen LogP contribution is 2.20. The molecule has 1 aromatic carbocycles. The number of nitrogens with two attached hydrogens (primary N) is 1. The Kier molecular flexibility index (Phi) is 6.75. The van der Waals surface area contributed by atoms with Gasteiger partial charge in [-0.25, -0.2) is 4.98 Å². The van der Waals surface area contributed by atoms with Crippen molar-refractivity contribution in [3.63, 3.8) is 0 Å². The Bertz CT molecular complexity index is 678. The minimum Gasteiger partial charge on any atom is -0.492 e. The molecule has 0 radical (unpaired) electrons. The predicted octanol–water partition coefficient (Wildman–Crippen LogP) is 2.77. The zero-order valence-electron chi connectivity index (χ0n) is 14.5. The second-order valence-electron chi connectivity index (χ2n) is 5.73. The molecule has 1 heterocycles. The zero-order valence-corrected chi connectivity index (χ0v) is 15.3. The number of hydrogen-bond acceptors (Lipinski definition) is 5. The molecule has 1 amide bonds. The number of nitrogens with zero attached hydrogens (tertiary/aromatic N) is 1. The molecule has 0 aliphatic rings. The number of thiazole rings is 1. The molecule has 0 fully saturated rings. The SMILES string of the molecule is Cc1ccc(C(=O)NCCCc2nc(C)c(C)s2)cc1OCCN. The largest absolute Gasteiger partial charge is 0.492 e. The van der Waals surface area contributed by atoms with Crippen molar-refractivity contribution in [2.45, 2.75) is 33.6 Å². The summed E-state index contributed by atoms with van der Waals surface area (Å²) in [6, 6.07) is 5.48. The maximum atomic E-state index is 12.2. The zero-order chi connectivity index (χ0) is 17.5. The van der Waals surface area contributed by atoms with Gasteiger partial charge in [-0.2, -0.15) is 0 Å². The topological polar surface area (TPSA) is 77.2 Å². The summed E-state index contributed by atoms with van der Waals surface area (Å²) in [4.78, 5) is 18.0. The van der Waals surface area contributed by atoms with Gasteiger partial charge in [-0.15, -0.1) is 11.3 Å². The molecule has 0 aliphatic carbocycles. The number of carbonyl (C=O) groups excluding carboxylic acids is 1. The van der Waals surface area contributed by atoms with E-state index in [4.69, 9.17) is 10.5 Å². The van der Waals surface area contributed by atoms with Gasteiger partial charge in [0.25, 0.3) is 5.91 Å². The van der Waals surface area contributed by atoms with E-state index in [0.29, 0.717) is 31.0 Å². The van der Waals surface area contributed by atoms with E-state index in [9.17, 15) is 4.79 Å². The number of benzene rings is 1. The van der Waals surface area contributed by atoms with Gasteiger partial charge >= 0.3 is 0 Å². The van der Waals surface area contributed by atoms with E-state index in [1.54, 1.807) is 17.4 Å². The number of aromatic nitrogens is 1. The number of carbonyl (C=O) groups is 1. The van der Waals surface area contributed by atoms with Gasteiger partial charge in [-0.1, -0.05) is 6.07 Å². The van der Waals surface area contributed by atoms with Gasteiger partial charge in [0.05, 0.1) is 10.7 Å². The first-order valence-electron chi connectivity index (χ1n) is 8.16. The third-order valence-corrected chi connectivity index (χ3v) is 4.88. The maximum Gasteiger partial charge on any atom is 0.251 e. The van der Waals surface area contributed by atoms with E-state index < -0.39 is 0 Å². The van der Waals surface area contributed by atoms with Crippen LogP contribution >= 0.6 is 11.3 Å². The Morgan fingerprint density at radius 3 is 2.79 bits per heavy atom. The lowest BCUT2D eigenvalue weighted by Crippen LogP contribution is -2.25. The third kappa shape index (κ3) is 5.04. The number of rotatable bonds is 8. The van der Waals surface area contributed by atoms with E-state index in [1.807, 2.05) is 26.0 Å². The minimum absolute atomic E-state index is 0.0842. The number of ether oxygens (including phenoxy) is 1. The number of nitrogens with one attached hydrogen (secondary N) is 1. The Labute approximate surface area is 147 Å². The predicted molar refractivity (Wildman–Crippen MR) is 98.0 cm³/mol. The standard InChI is InChI=1S/C18H25N3O2S/c1-12-6-7-15(11-16(12)23-10-8-19)18(22)20-9-4-5-17-21-13(2)14(3)24-17/h6-7,11H,4-5,8-10,19H2,1-3H3,(H,20,22). The molecule has 2 aromatic rings. The Balaban J connectivity index is 1.83. The molecule has 0 atom stereocenters.